The predicted octanol–water partition coefficient (Wildman–Crippen LogP) is 3.30. The number of hydrogen-bond acceptors (Lipinski definition) is 5. The molecule has 27 heavy (non-hydrogen) atoms. The van der Waals surface area contributed by atoms with Crippen LogP contribution in [0.2, 0.25) is 0 Å². The largest absolute Gasteiger partial charge is 0.484 e. The van der Waals surface area contributed by atoms with Gasteiger partial charge in [-0.2, -0.15) is 13.2 Å². The summed E-state index contributed by atoms with van der Waals surface area (Å²) in [5, 5.41) is 12.0. The van der Waals surface area contributed by atoms with Gasteiger partial charge in [0.15, 0.2) is 12.4 Å². The molecule has 4 rings (SSSR count). The van der Waals surface area contributed by atoms with Gasteiger partial charge in [0.25, 0.3) is 0 Å². The number of rotatable bonds is 7. The second-order valence-corrected chi connectivity index (χ2v) is 8.03. The van der Waals surface area contributed by atoms with Crippen LogP contribution in [0.15, 0.2) is 23.6 Å². The fourth-order valence-corrected chi connectivity index (χ4v) is 3.84. The van der Waals surface area contributed by atoms with Crippen LogP contribution < -0.4 is 0 Å². The Morgan fingerprint density at radius 1 is 1.22 bits per heavy atom. The predicted molar refractivity (Wildman–Crippen MR) is 91.1 cm³/mol. The number of allylic oxidation sites excluding steroid dienone is 1. The summed E-state index contributed by atoms with van der Waals surface area (Å²) in [6, 6.07) is 0. The van der Waals surface area contributed by atoms with Gasteiger partial charge in [-0.05, 0) is 54.5 Å². The molecule has 0 amide bonds. The monoisotopic (exact) mass is 383 g/mol. The quantitative estimate of drug-likeness (QED) is 0.723. The van der Waals surface area contributed by atoms with E-state index in [9.17, 15) is 13.2 Å². The second kappa shape index (κ2) is 6.53. The van der Waals surface area contributed by atoms with Crippen molar-refractivity contribution < 1.29 is 17.9 Å². The Balaban J connectivity index is 1.60. The van der Waals surface area contributed by atoms with Crippen LogP contribution in [0, 0.1) is 11.8 Å². The maximum atomic E-state index is 12.6. The van der Waals surface area contributed by atoms with Crippen molar-refractivity contribution in [1.29, 1.82) is 0 Å². The Bertz CT molecular complexity index is 763. The topological polar surface area (TPSA) is 56.1 Å². The standard InChI is InChI=1S/C18H24F3N5O/c1-17(9-12-3-4-12,16-22-23-24-25(16)2)26-8-7-15(27-11-18(19,20)21)14(10-26)13-5-6-13/h7,10,12-13H,3-6,8-9,11H2,1-2H3. The number of alkyl halides is 3. The van der Waals surface area contributed by atoms with Crippen LogP contribution in [0.25, 0.3) is 0 Å². The van der Waals surface area contributed by atoms with Crippen molar-refractivity contribution in [3.05, 3.63) is 29.4 Å². The third-order valence-electron chi connectivity index (χ3n) is 5.58. The van der Waals surface area contributed by atoms with Gasteiger partial charge in [0.2, 0.25) is 0 Å². The summed E-state index contributed by atoms with van der Waals surface area (Å²) in [5.41, 5.74) is 0.452. The molecule has 0 N–H and O–H groups in total. The maximum Gasteiger partial charge on any atom is 0.422 e. The first-order valence-corrected chi connectivity index (χ1v) is 9.37. The van der Waals surface area contributed by atoms with Gasteiger partial charge in [-0.15, -0.1) is 5.10 Å². The minimum absolute atomic E-state index is 0.273. The zero-order valence-corrected chi connectivity index (χ0v) is 15.5. The van der Waals surface area contributed by atoms with Crippen LogP contribution in [-0.2, 0) is 17.3 Å². The van der Waals surface area contributed by atoms with Gasteiger partial charge in [0, 0.05) is 25.4 Å². The molecule has 3 aliphatic rings. The molecule has 2 fully saturated rings. The fourth-order valence-electron chi connectivity index (χ4n) is 3.84. The first kappa shape index (κ1) is 18.3. The van der Waals surface area contributed by atoms with Crippen molar-refractivity contribution in [2.45, 2.75) is 50.7 Å². The van der Waals surface area contributed by atoms with Crippen molar-refractivity contribution in [1.82, 2.24) is 25.1 Å². The molecular weight excluding hydrogens is 359 g/mol. The number of tetrazole rings is 1. The van der Waals surface area contributed by atoms with E-state index in [2.05, 4.69) is 27.3 Å². The fraction of sp³-hybridized carbons (Fsp3) is 0.722. The van der Waals surface area contributed by atoms with E-state index in [-0.39, 0.29) is 5.92 Å². The summed E-state index contributed by atoms with van der Waals surface area (Å²) in [6.45, 7) is 1.34. The van der Waals surface area contributed by atoms with E-state index < -0.39 is 18.3 Å². The Labute approximate surface area is 156 Å². The van der Waals surface area contributed by atoms with Crippen LogP contribution in [-0.4, -0.2) is 44.4 Å². The van der Waals surface area contributed by atoms with Crippen LogP contribution in [0.4, 0.5) is 13.2 Å². The highest BCUT2D eigenvalue weighted by atomic mass is 19.4. The van der Waals surface area contributed by atoms with E-state index in [1.54, 1.807) is 10.8 Å². The Morgan fingerprint density at radius 2 is 1.96 bits per heavy atom. The number of halogens is 3. The normalized spacial score (nSPS) is 22.9. The Kier molecular flexibility index (Phi) is 4.43. The Hall–Kier alpha value is -2.06. The summed E-state index contributed by atoms with van der Waals surface area (Å²) in [6.07, 6.45) is 4.70. The summed E-state index contributed by atoms with van der Waals surface area (Å²) in [4.78, 5) is 2.17. The maximum absolute atomic E-state index is 12.6. The number of ether oxygens (including phenoxy) is 1. The number of nitrogens with zero attached hydrogens (tertiary/aromatic N) is 5. The smallest absolute Gasteiger partial charge is 0.422 e. The van der Waals surface area contributed by atoms with Crippen molar-refractivity contribution in [2.75, 3.05) is 13.2 Å². The van der Waals surface area contributed by atoms with E-state index in [0.29, 0.717) is 18.2 Å². The van der Waals surface area contributed by atoms with Gasteiger partial charge in [0.05, 0.1) is 5.54 Å². The highest BCUT2D eigenvalue weighted by Gasteiger charge is 2.44. The van der Waals surface area contributed by atoms with Crippen molar-refractivity contribution in [3.63, 3.8) is 0 Å². The van der Waals surface area contributed by atoms with Crippen LogP contribution in [0.3, 0.4) is 0 Å². The van der Waals surface area contributed by atoms with Gasteiger partial charge in [-0.3, -0.25) is 0 Å². The number of aryl methyl sites for hydroxylation is 1. The molecule has 2 saturated carbocycles. The van der Waals surface area contributed by atoms with Gasteiger partial charge in [0.1, 0.15) is 5.76 Å². The second-order valence-electron chi connectivity index (χ2n) is 8.03. The lowest BCUT2D eigenvalue weighted by molar-refractivity contribution is -0.164. The molecule has 0 bridgehead atoms. The van der Waals surface area contributed by atoms with Gasteiger partial charge in [-0.1, -0.05) is 12.8 Å². The number of aromatic nitrogens is 4. The van der Waals surface area contributed by atoms with Crippen LogP contribution in [0.1, 0.15) is 44.9 Å². The van der Waals surface area contributed by atoms with Crippen molar-refractivity contribution in [2.24, 2.45) is 18.9 Å². The van der Waals surface area contributed by atoms with E-state index in [0.717, 1.165) is 30.7 Å². The van der Waals surface area contributed by atoms with Crippen LogP contribution >= 0.6 is 0 Å². The van der Waals surface area contributed by atoms with E-state index >= 15 is 0 Å². The van der Waals surface area contributed by atoms with E-state index in [4.69, 9.17) is 4.74 Å². The molecule has 0 spiro atoms. The molecule has 0 saturated heterocycles. The number of hydrogen-bond donors (Lipinski definition) is 0. The lowest BCUT2D eigenvalue weighted by Gasteiger charge is -2.41. The Morgan fingerprint density at radius 3 is 2.52 bits per heavy atom. The highest BCUT2D eigenvalue weighted by Crippen LogP contribution is 2.47. The third kappa shape index (κ3) is 3.96. The molecule has 0 radical (unpaired) electrons. The first-order chi connectivity index (χ1) is 12.8. The summed E-state index contributed by atoms with van der Waals surface area (Å²) in [5.74, 6) is 2.05. The van der Waals surface area contributed by atoms with Gasteiger partial charge < -0.3 is 9.64 Å². The minimum Gasteiger partial charge on any atom is -0.484 e. The molecule has 2 heterocycles. The first-order valence-electron chi connectivity index (χ1n) is 9.37. The molecule has 9 heteroatoms. The third-order valence-corrected chi connectivity index (χ3v) is 5.58. The molecular formula is C18H24F3N5O. The molecule has 2 aliphatic carbocycles. The van der Waals surface area contributed by atoms with Crippen LogP contribution in [0.5, 0.6) is 0 Å². The van der Waals surface area contributed by atoms with E-state index in [1.807, 2.05) is 13.2 Å². The molecule has 1 aromatic heterocycles. The lowest BCUT2D eigenvalue weighted by atomic mass is 9.90. The van der Waals surface area contributed by atoms with Crippen molar-refractivity contribution >= 4 is 0 Å². The van der Waals surface area contributed by atoms with E-state index in [1.165, 1.54) is 12.8 Å². The average Bonchev–Trinajstić information content (AvgIpc) is 3.52. The zero-order valence-electron chi connectivity index (χ0n) is 15.5. The highest BCUT2D eigenvalue weighted by molar-refractivity contribution is 5.35. The SMILES string of the molecule is Cn1nnnc1C(C)(CC1CC1)N1C=C(C2CC2)C(OCC(F)(F)F)=CC1. The molecule has 0 aromatic carbocycles. The summed E-state index contributed by atoms with van der Waals surface area (Å²) in [7, 11) is 1.82. The molecule has 1 aromatic rings. The molecule has 1 atom stereocenters. The lowest BCUT2D eigenvalue weighted by Crippen LogP contribution is -2.44. The van der Waals surface area contributed by atoms with Gasteiger partial charge in [-0.25, -0.2) is 4.68 Å². The average molecular weight is 383 g/mol. The molecule has 148 valence electrons. The van der Waals surface area contributed by atoms with Crippen molar-refractivity contribution in [3.8, 4) is 0 Å². The zero-order chi connectivity index (χ0) is 19.2. The summed E-state index contributed by atoms with van der Waals surface area (Å²) < 4.78 is 44.6. The summed E-state index contributed by atoms with van der Waals surface area (Å²) >= 11 is 0. The molecule has 6 nitrogen and oxygen atoms in total. The van der Waals surface area contributed by atoms with Gasteiger partial charge >= 0.3 is 6.18 Å². The molecule has 1 aliphatic heterocycles. The molecule has 1 unspecified atom stereocenters. The minimum atomic E-state index is -4.34.